The summed E-state index contributed by atoms with van der Waals surface area (Å²) < 4.78 is 11.9. The summed E-state index contributed by atoms with van der Waals surface area (Å²) in [4.78, 5) is 2.37. The summed E-state index contributed by atoms with van der Waals surface area (Å²) in [7, 11) is 0. The van der Waals surface area contributed by atoms with Gasteiger partial charge in [0.25, 0.3) is 0 Å². The molecule has 1 saturated heterocycles. The highest BCUT2D eigenvalue weighted by atomic mass is 79.9. The van der Waals surface area contributed by atoms with E-state index in [1.54, 1.807) is 0 Å². The highest BCUT2D eigenvalue weighted by molar-refractivity contribution is 9.10. The third-order valence-electron chi connectivity index (χ3n) is 2.84. The molecule has 1 aromatic rings. The topological polar surface area (TPSA) is 21.7 Å². The van der Waals surface area contributed by atoms with Crippen molar-refractivity contribution in [2.75, 3.05) is 32.9 Å². The Kier molecular flexibility index (Phi) is 5.06. The number of hydrogen-bond acceptors (Lipinski definition) is 3. The van der Waals surface area contributed by atoms with E-state index in [9.17, 15) is 0 Å². The van der Waals surface area contributed by atoms with Crippen molar-refractivity contribution in [2.45, 2.75) is 6.54 Å². The largest absolute Gasteiger partial charge is 0.481 e. The lowest BCUT2D eigenvalue weighted by molar-refractivity contribution is 0.0341. The summed E-state index contributed by atoms with van der Waals surface area (Å²) in [6.45, 7) is 4.77. The minimum absolute atomic E-state index is 0.304. The molecule has 1 aliphatic heterocycles. The zero-order valence-corrected chi connectivity index (χ0v) is 11.8. The molecule has 18 heavy (non-hydrogen) atoms. The van der Waals surface area contributed by atoms with Gasteiger partial charge in [0.2, 0.25) is 0 Å². The Labute approximate surface area is 116 Å². The van der Waals surface area contributed by atoms with E-state index in [0.717, 1.165) is 43.1 Å². The van der Waals surface area contributed by atoms with Gasteiger partial charge in [0.15, 0.2) is 0 Å². The average molecular weight is 310 g/mol. The van der Waals surface area contributed by atoms with Gasteiger partial charge in [-0.1, -0.05) is 21.9 Å². The van der Waals surface area contributed by atoms with Gasteiger partial charge in [-0.25, -0.2) is 0 Å². The van der Waals surface area contributed by atoms with Crippen LogP contribution < -0.4 is 4.74 Å². The first-order valence-corrected chi connectivity index (χ1v) is 6.73. The smallest absolute Gasteiger partial charge is 0.148 e. The van der Waals surface area contributed by atoms with Crippen molar-refractivity contribution >= 4 is 15.9 Å². The molecule has 4 heteroatoms. The third-order valence-corrected chi connectivity index (χ3v) is 3.61. The Hall–Kier alpha value is -1.02. The van der Waals surface area contributed by atoms with E-state index in [-0.39, 0.29) is 0 Å². The summed E-state index contributed by atoms with van der Waals surface area (Å²) >= 11 is 3.57. The summed E-state index contributed by atoms with van der Waals surface area (Å²) in [5.41, 5.74) is 1.21. The molecule has 1 heterocycles. The van der Waals surface area contributed by atoms with Crippen LogP contribution in [0.15, 0.2) is 22.7 Å². The van der Waals surface area contributed by atoms with Crippen LogP contribution in [0.3, 0.4) is 0 Å². The monoisotopic (exact) mass is 309 g/mol. The number of nitrogens with zero attached hydrogens (tertiary/aromatic N) is 1. The fourth-order valence-electron chi connectivity index (χ4n) is 1.89. The predicted octanol–water partition coefficient (Wildman–Crippen LogP) is 2.29. The van der Waals surface area contributed by atoms with Crippen LogP contribution >= 0.6 is 15.9 Å². The minimum Gasteiger partial charge on any atom is -0.481 e. The van der Waals surface area contributed by atoms with E-state index in [0.29, 0.717) is 6.61 Å². The Bertz CT molecular complexity index is 436. The molecular weight excluding hydrogens is 294 g/mol. The SMILES string of the molecule is C#CCOc1ccc(Br)c(CN2CCOCC2)c1. The van der Waals surface area contributed by atoms with Crippen LogP contribution in [0.25, 0.3) is 0 Å². The zero-order chi connectivity index (χ0) is 12.8. The minimum atomic E-state index is 0.304. The van der Waals surface area contributed by atoms with Gasteiger partial charge in [0.1, 0.15) is 12.4 Å². The van der Waals surface area contributed by atoms with Gasteiger partial charge in [-0.15, -0.1) is 6.42 Å². The second-order valence-electron chi connectivity index (χ2n) is 4.13. The van der Waals surface area contributed by atoms with Crippen molar-refractivity contribution in [3.63, 3.8) is 0 Å². The molecule has 0 amide bonds. The fourth-order valence-corrected chi connectivity index (χ4v) is 2.26. The van der Waals surface area contributed by atoms with Gasteiger partial charge in [-0.05, 0) is 23.8 Å². The first kappa shape index (κ1) is 13.4. The quantitative estimate of drug-likeness (QED) is 0.797. The molecule has 3 nitrogen and oxygen atoms in total. The lowest BCUT2D eigenvalue weighted by Crippen LogP contribution is -2.35. The normalized spacial score (nSPS) is 16.2. The molecule has 0 radical (unpaired) electrons. The van der Waals surface area contributed by atoms with E-state index in [1.807, 2.05) is 18.2 Å². The number of halogens is 1. The van der Waals surface area contributed by atoms with E-state index >= 15 is 0 Å². The van der Waals surface area contributed by atoms with Crippen molar-refractivity contribution in [2.24, 2.45) is 0 Å². The van der Waals surface area contributed by atoms with Crippen LogP contribution in [0.4, 0.5) is 0 Å². The average Bonchev–Trinajstić information content (AvgIpc) is 2.41. The summed E-state index contributed by atoms with van der Waals surface area (Å²) in [6, 6.07) is 5.96. The number of benzene rings is 1. The molecule has 0 aliphatic carbocycles. The Morgan fingerprint density at radius 2 is 2.17 bits per heavy atom. The molecule has 1 fully saturated rings. The van der Waals surface area contributed by atoms with Crippen molar-refractivity contribution in [3.8, 4) is 18.1 Å². The Morgan fingerprint density at radius 3 is 2.89 bits per heavy atom. The molecule has 0 aromatic heterocycles. The van der Waals surface area contributed by atoms with Crippen molar-refractivity contribution in [1.82, 2.24) is 4.90 Å². The summed E-state index contributed by atoms with van der Waals surface area (Å²) in [5.74, 6) is 3.29. The first-order valence-electron chi connectivity index (χ1n) is 5.94. The Balaban J connectivity index is 2.03. The lowest BCUT2D eigenvalue weighted by Gasteiger charge is -2.27. The second kappa shape index (κ2) is 6.79. The number of terminal acetylenes is 1. The van der Waals surface area contributed by atoms with E-state index < -0.39 is 0 Å². The van der Waals surface area contributed by atoms with Crippen LogP contribution in [0, 0.1) is 12.3 Å². The molecule has 0 atom stereocenters. The highest BCUT2D eigenvalue weighted by Gasteiger charge is 2.12. The van der Waals surface area contributed by atoms with Crippen molar-refractivity contribution in [3.05, 3.63) is 28.2 Å². The van der Waals surface area contributed by atoms with Gasteiger partial charge in [-0.3, -0.25) is 4.90 Å². The molecule has 1 aromatic carbocycles. The van der Waals surface area contributed by atoms with E-state index in [1.165, 1.54) is 5.56 Å². The zero-order valence-electron chi connectivity index (χ0n) is 10.2. The molecule has 0 saturated carbocycles. The molecule has 2 rings (SSSR count). The van der Waals surface area contributed by atoms with Gasteiger partial charge in [0, 0.05) is 24.1 Å². The van der Waals surface area contributed by atoms with Crippen LogP contribution in [0.5, 0.6) is 5.75 Å². The first-order chi connectivity index (χ1) is 8.79. The van der Waals surface area contributed by atoms with Crippen LogP contribution in [-0.4, -0.2) is 37.8 Å². The molecule has 0 unspecified atom stereocenters. The maximum atomic E-state index is 5.44. The van der Waals surface area contributed by atoms with E-state index in [4.69, 9.17) is 15.9 Å². The molecular formula is C14H16BrNO2. The number of ether oxygens (including phenoxy) is 2. The van der Waals surface area contributed by atoms with Crippen LogP contribution in [-0.2, 0) is 11.3 Å². The maximum absolute atomic E-state index is 5.44. The van der Waals surface area contributed by atoms with Gasteiger partial charge in [-0.2, -0.15) is 0 Å². The number of rotatable bonds is 4. The van der Waals surface area contributed by atoms with Gasteiger partial charge >= 0.3 is 0 Å². The van der Waals surface area contributed by atoms with E-state index in [2.05, 4.69) is 26.8 Å². The van der Waals surface area contributed by atoms with Crippen molar-refractivity contribution in [1.29, 1.82) is 0 Å². The van der Waals surface area contributed by atoms with Gasteiger partial charge < -0.3 is 9.47 Å². The summed E-state index contributed by atoms with van der Waals surface area (Å²) in [5, 5.41) is 0. The maximum Gasteiger partial charge on any atom is 0.148 e. The van der Waals surface area contributed by atoms with Gasteiger partial charge in [0.05, 0.1) is 13.2 Å². The molecule has 0 bridgehead atoms. The highest BCUT2D eigenvalue weighted by Crippen LogP contribution is 2.24. The van der Waals surface area contributed by atoms with Crippen LogP contribution in [0.1, 0.15) is 5.56 Å². The third kappa shape index (κ3) is 3.74. The standard InChI is InChI=1S/C14H16BrNO2/c1-2-7-18-13-3-4-14(15)12(10-13)11-16-5-8-17-9-6-16/h1,3-4,10H,5-9,11H2. The fraction of sp³-hybridized carbons (Fsp3) is 0.429. The van der Waals surface area contributed by atoms with Crippen LogP contribution in [0.2, 0.25) is 0 Å². The number of morpholine rings is 1. The molecule has 96 valence electrons. The second-order valence-corrected chi connectivity index (χ2v) is 4.99. The molecule has 1 aliphatic rings. The molecule has 0 spiro atoms. The lowest BCUT2D eigenvalue weighted by atomic mass is 10.2. The predicted molar refractivity (Wildman–Crippen MR) is 74.6 cm³/mol. The summed E-state index contributed by atoms with van der Waals surface area (Å²) in [6.07, 6.45) is 5.19. The molecule has 0 N–H and O–H groups in total. The van der Waals surface area contributed by atoms with Crippen molar-refractivity contribution < 1.29 is 9.47 Å². The number of hydrogen-bond donors (Lipinski definition) is 0. The Morgan fingerprint density at radius 1 is 1.39 bits per heavy atom.